The summed E-state index contributed by atoms with van der Waals surface area (Å²) in [5.74, 6) is 0.247. The molecule has 1 atom stereocenters. The van der Waals surface area contributed by atoms with Crippen LogP contribution >= 0.6 is 0 Å². The molecule has 0 aromatic heterocycles. The van der Waals surface area contributed by atoms with Crippen LogP contribution in [0.25, 0.3) is 0 Å². The van der Waals surface area contributed by atoms with Gasteiger partial charge in [0.05, 0.1) is 24.8 Å². The average Bonchev–Trinajstić information content (AvgIpc) is 3.32. The van der Waals surface area contributed by atoms with Gasteiger partial charge in [-0.15, -0.1) is 0 Å². The second-order valence-electron chi connectivity index (χ2n) is 8.96. The molecule has 5 heteroatoms. The Labute approximate surface area is 191 Å². The molecule has 2 aliphatic heterocycles. The van der Waals surface area contributed by atoms with Gasteiger partial charge in [0.2, 0.25) is 5.91 Å². The Hall–Kier alpha value is -2.68. The molecular formula is C27H33N3O2. The number of hydrogen-bond donors (Lipinski definition) is 0. The lowest BCUT2D eigenvalue weighted by Gasteiger charge is -2.39. The Morgan fingerprint density at radius 2 is 1.72 bits per heavy atom. The van der Waals surface area contributed by atoms with Gasteiger partial charge < -0.3 is 9.64 Å². The van der Waals surface area contributed by atoms with Crippen molar-refractivity contribution in [3.05, 3.63) is 71.3 Å². The first-order valence-corrected chi connectivity index (χ1v) is 11.9. The molecule has 168 valence electrons. The van der Waals surface area contributed by atoms with E-state index in [1.807, 2.05) is 35.2 Å². The molecular weight excluding hydrogens is 398 g/mol. The molecule has 5 nitrogen and oxygen atoms in total. The van der Waals surface area contributed by atoms with E-state index in [-0.39, 0.29) is 5.91 Å². The Balaban J connectivity index is 1.19. The van der Waals surface area contributed by atoms with Gasteiger partial charge in [-0.2, -0.15) is 5.26 Å². The van der Waals surface area contributed by atoms with Crippen LogP contribution in [0.5, 0.6) is 0 Å². The lowest BCUT2D eigenvalue weighted by Crippen LogP contribution is -2.49. The fourth-order valence-corrected chi connectivity index (χ4v) is 5.01. The zero-order chi connectivity index (χ0) is 22.2. The normalized spacial score (nSPS) is 19.7. The predicted molar refractivity (Wildman–Crippen MR) is 125 cm³/mol. The van der Waals surface area contributed by atoms with Gasteiger partial charge >= 0.3 is 0 Å². The van der Waals surface area contributed by atoms with Gasteiger partial charge in [0.1, 0.15) is 0 Å². The van der Waals surface area contributed by atoms with Crippen molar-refractivity contribution in [2.75, 3.05) is 26.2 Å². The first-order valence-electron chi connectivity index (χ1n) is 11.9. The Morgan fingerprint density at radius 1 is 0.969 bits per heavy atom. The third kappa shape index (κ3) is 5.97. The molecule has 0 saturated carbocycles. The summed E-state index contributed by atoms with van der Waals surface area (Å²) in [6.45, 7) is 4.32. The molecule has 0 radical (unpaired) electrons. The number of amides is 1. The van der Waals surface area contributed by atoms with Crippen molar-refractivity contribution in [3.63, 3.8) is 0 Å². The molecule has 2 aliphatic rings. The number of benzene rings is 2. The number of carbonyl (C=O) groups is 1. The number of aryl methyl sites for hydroxylation is 1. The highest BCUT2D eigenvalue weighted by Crippen LogP contribution is 2.27. The van der Waals surface area contributed by atoms with Crippen molar-refractivity contribution in [1.29, 1.82) is 5.26 Å². The molecule has 2 aromatic rings. The maximum atomic E-state index is 12.7. The van der Waals surface area contributed by atoms with Crippen LogP contribution in [-0.2, 0) is 22.6 Å². The van der Waals surface area contributed by atoms with Crippen molar-refractivity contribution in [2.45, 2.75) is 57.2 Å². The van der Waals surface area contributed by atoms with E-state index in [9.17, 15) is 4.79 Å². The third-order valence-electron chi connectivity index (χ3n) is 6.84. The van der Waals surface area contributed by atoms with E-state index in [0.717, 1.165) is 51.1 Å². The number of hydrogen-bond acceptors (Lipinski definition) is 4. The van der Waals surface area contributed by atoms with Crippen LogP contribution in [0.15, 0.2) is 54.6 Å². The van der Waals surface area contributed by atoms with E-state index >= 15 is 0 Å². The second kappa shape index (κ2) is 11.3. The molecule has 0 bridgehead atoms. The van der Waals surface area contributed by atoms with Gasteiger partial charge in [-0.1, -0.05) is 42.5 Å². The van der Waals surface area contributed by atoms with E-state index in [0.29, 0.717) is 30.7 Å². The lowest BCUT2D eigenvalue weighted by molar-refractivity contribution is -0.132. The Kier molecular flexibility index (Phi) is 7.92. The maximum Gasteiger partial charge on any atom is 0.222 e. The summed E-state index contributed by atoms with van der Waals surface area (Å²) in [5.41, 5.74) is 3.00. The third-order valence-corrected chi connectivity index (χ3v) is 6.84. The van der Waals surface area contributed by atoms with Crippen LogP contribution in [0.3, 0.4) is 0 Å². The average molecular weight is 432 g/mol. The molecule has 1 amide bonds. The maximum absolute atomic E-state index is 12.7. The largest absolute Gasteiger partial charge is 0.375 e. The zero-order valence-electron chi connectivity index (χ0n) is 18.8. The minimum atomic E-state index is 0.247. The zero-order valence-corrected chi connectivity index (χ0v) is 18.8. The van der Waals surface area contributed by atoms with E-state index in [2.05, 4.69) is 35.2 Å². The molecule has 2 aromatic carbocycles. The van der Waals surface area contributed by atoms with E-state index in [4.69, 9.17) is 10.00 Å². The van der Waals surface area contributed by atoms with Crippen molar-refractivity contribution in [2.24, 2.45) is 0 Å². The Bertz CT molecular complexity index is 899. The smallest absolute Gasteiger partial charge is 0.222 e. The highest BCUT2D eigenvalue weighted by Gasteiger charge is 2.33. The number of carbonyl (C=O) groups excluding carboxylic acids is 1. The van der Waals surface area contributed by atoms with Gasteiger partial charge in [0.15, 0.2) is 0 Å². The fourth-order valence-electron chi connectivity index (χ4n) is 5.01. The van der Waals surface area contributed by atoms with E-state index < -0.39 is 0 Å². The van der Waals surface area contributed by atoms with Crippen molar-refractivity contribution < 1.29 is 9.53 Å². The van der Waals surface area contributed by atoms with Crippen molar-refractivity contribution in [1.82, 2.24) is 9.80 Å². The number of nitriles is 1. The minimum absolute atomic E-state index is 0.247. The van der Waals surface area contributed by atoms with Crippen molar-refractivity contribution >= 4 is 5.91 Å². The summed E-state index contributed by atoms with van der Waals surface area (Å²) in [4.78, 5) is 17.4. The predicted octanol–water partition coefficient (Wildman–Crippen LogP) is 4.16. The Morgan fingerprint density at radius 3 is 2.44 bits per heavy atom. The summed E-state index contributed by atoms with van der Waals surface area (Å²) in [6, 6.07) is 21.1. The molecule has 4 rings (SSSR count). The number of piperidine rings is 1. The molecule has 2 fully saturated rings. The first-order chi connectivity index (χ1) is 15.7. The highest BCUT2D eigenvalue weighted by molar-refractivity contribution is 5.76. The summed E-state index contributed by atoms with van der Waals surface area (Å²) < 4.78 is 6.05. The summed E-state index contributed by atoms with van der Waals surface area (Å²) >= 11 is 0. The topological polar surface area (TPSA) is 56.6 Å². The van der Waals surface area contributed by atoms with Crippen LogP contribution in [0.2, 0.25) is 0 Å². The second-order valence-corrected chi connectivity index (χ2v) is 8.96. The molecule has 0 aliphatic carbocycles. The van der Waals surface area contributed by atoms with Crippen LogP contribution in [0.4, 0.5) is 0 Å². The molecule has 2 heterocycles. The van der Waals surface area contributed by atoms with Gasteiger partial charge in [-0.05, 0) is 61.9 Å². The number of rotatable bonds is 8. The van der Waals surface area contributed by atoms with Crippen LogP contribution in [0.1, 0.15) is 48.8 Å². The minimum Gasteiger partial charge on any atom is -0.375 e. The summed E-state index contributed by atoms with van der Waals surface area (Å²) in [5, 5.41) is 8.90. The summed E-state index contributed by atoms with van der Waals surface area (Å²) in [6.07, 6.45) is 5.82. The number of likely N-dealkylation sites (tertiary alicyclic amines) is 2. The molecule has 0 N–H and O–H groups in total. The first kappa shape index (κ1) is 22.5. The van der Waals surface area contributed by atoms with Gasteiger partial charge in [-0.3, -0.25) is 9.69 Å². The number of ether oxygens (including phenoxy) is 1. The number of nitrogens with zero attached hydrogens (tertiary/aromatic N) is 3. The quantitative estimate of drug-likeness (QED) is 0.630. The van der Waals surface area contributed by atoms with Crippen molar-refractivity contribution in [3.8, 4) is 6.07 Å². The van der Waals surface area contributed by atoms with Crippen LogP contribution < -0.4 is 0 Å². The molecule has 32 heavy (non-hydrogen) atoms. The highest BCUT2D eigenvalue weighted by atomic mass is 16.5. The SMILES string of the molecule is N#Cc1ccc(CCC(=O)N2CCC(N3CCC[C@@H]3COCc3ccccc3)CC2)cc1. The van der Waals surface area contributed by atoms with Gasteiger partial charge in [-0.25, -0.2) is 0 Å². The molecule has 0 spiro atoms. The standard InChI is InChI=1S/C27H33N3O2/c28-19-23-10-8-22(9-11-23)12-13-27(31)29-17-14-25(15-18-29)30-16-4-7-26(30)21-32-20-24-5-2-1-3-6-24/h1-3,5-6,8-11,25-26H,4,7,12-18,20-21H2/t26-/m1/s1. The summed E-state index contributed by atoms with van der Waals surface area (Å²) in [7, 11) is 0. The molecule has 2 saturated heterocycles. The van der Waals surface area contributed by atoms with Crippen LogP contribution in [-0.4, -0.2) is 54.0 Å². The van der Waals surface area contributed by atoms with E-state index in [1.54, 1.807) is 0 Å². The van der Waals surface area contributed by atoms with Gasteiger partial charge in [0, 0.05) is 31.6 Å². The fraction of sp³-hybridized carbons (Fsp3) is 0.481. The molecule has 0 unspecified atom stereocenters. The van der Waals surface area contributed by atoms with Gasteiger partial charge in [0.25, 0.3) is 0 Å². The van der Waals surface area contributed by atoms with Crippen LogP contribution in [0, 0.1) is 11.3 Å². The lowest BCUT2D eigenvalue weighted by atomic mass is 10.0. The van der Waals surface area contributed by atoms with E-state index in [1.165, 1.54) is 18.4 Å². The monoisotopic (exact) mass is 431 g/mol.